The monoisotopic (exact) mass is 310 g/mol. The van der Waals surface area contributed by atoms with Crippen molar-refractivity contribution in [3.63, 3.8) is 0 Å². The van der Waals surface area contributed by atoms with Gasteiger partial charge in [0.1, 0.15) is 0 Å². The van der Waals surface area contributed by atoms with E-state index in [-0.39, 0.29) is 11.7 Å². The first-order chi connectivity index (χ1) is 9.56. The zero-order chi connectivity index (χ0) is 14.5. The van der Waals surface area contributed by atoms with Crippen molar-refractivity contribution in [1.82, 2.24) is 9.97 Å². The third kappa shape index (κ3) is 4.28. The molecule has 6 heteroatoms. The van der Waals surface area contributed by atoms with Gasteiger partial charge in [-0.1, -0.05) is 36.4 Å². The number of hydrogen-bond acceptors (Lipinski definition) is 4. The van der Waals surface area contributed by atoms with Gasteiger partial charge in [0, 0.05) is 9.92 Å². The van der Waals surface area contributed by atoms with Crippen molar-refractivity contribution < 1.29 is 4.74 Å². The summed E-state index contributed by atoms with van der Waals surface area (Å²) in [4.78, 5) is 19.5. The molecule has 20 heavy (non-hydrogen) atoms. The van der Waals surface area contributed by atoms with Crippen LogP contribution >= 0.6 is 23.4 Å². The van der Waals surface area contributed by atoms with Crippen molar-refractivity contribution in [2.24, 2.45) is 0 Å². The van der Waals surface area contributed by atoms with Crippen LogP contribution in [0.2, 0.25) is 5.02 Å². The molecule has 0 saturated carbocycles. The van der Waals surface area contributed by atoms with E-state index in [4.69, 9.17) is 16.3 Å². The number of aromatic nitrogens is 2. The largest absolute Gasteiger partial charge is 0.474 e. The van der Waals surface area contributed by atoms with Crippen molar-refractivity contribution in [2.75, 3.05) is 0 Å². The molecule has 106 valence electrons. The van der Waals surface area contributed by atoms with Gasteiger partial charge in [0.2, 0.25) is 5.88 Å². The van der Waals surface area contributed by atoms with Crippen molar-refractivity contribution >= 4 is 23.4 Å². The van der Waals surface area contributed by atoms with Gasteiger partial charge in [0.05, 0.1) is 12.2 Å². The van der Waals surface area contributed by atoms with E-state index in [0.717, 1.165) is 11.3 Å². The maximum atomic E-state index is 11.6. The molecule has 0 fully saturated rings. The first-order valence-corrected chi connectivity index (χ1v) is 7.47. The molecular formula is C14H15ClN2O2S. The molecular weight excluding hydrogens is 296 g/mol. The maximum Gasteiger partial charge on any atom is 0.255 e. The number of hydrogen-bond donors (Lipinski definition) is 1. The molecule has 1 atom stereocenters. The predicted molar refractivity (Wildman–Crippen MR) is 80.8 cm³/mol. The van der Waals surface area contributed by atoms with E-state index in [2.05, 4.69) is 9.97 Å². The summed E-state index contributed by atoms with van der Waals surface area (Å²) in [5.74, 6) is 0.340. The number of nitrogens with zero attached hydrogens (tertiary/aromatic N) is 1. The van der Waals surface area contributed by atoms with Gasteiger partial charge in [-0.15, -0.1) is 0 Å². The number of benzene rings is 1. The predicted octanol–water partition coefficient (Wildman–Crippen LogP) is 3.75. The van der Waals surface area contributed by atoms with Crippen LogP contribution in [-0.2, 0) is 0 Å². The fraction of sp³-hybridized carbons (Fsp3) is 0.286. The summed E-state index contributed by atoms with van der Waals surface area (Å²) in [5.41, 5.74) is -0.233. The summed E-state index contributed by atoms with van der Waals surface area (Å²) in [6, 6.07) is 8.72. The van der Waals surface area contributed by atoms with Crippen LogP contribution in [0.3, 0.4) is 0 Å². The molecule has 0 radical (unpaired) electrons. The van der Waals surface area contributed by atoms with Crippen LogP contribution in [0.5, 0.6) is 5.88 Å². The Hall–Kier alpha value is -1.46. The lowest BCUT2D eigenvalue weighted by Crippen LogP contribution is -2.15. The van der Waals surface area contributed by atoms with E-state index in [0.29, 0.717) is 16.1 Å². The first-order valence-electron chi connectivity index (χ1n) is 6.28. The zero-order valence-electron chi connectivity index (χ0n) is 11.2. The van der Waals surface area contributed by atoms with Crippen LogP contribution in [0.15, 0.2) is 45.2 Å². The average molecular weight is 311 g/mol. The molecule has 0 amide bonds. The minimum atomic E-state index is -0.233. The van der Waals surface area contributed by atoms with Gasteiger partial charge in [0.25, 0.3) is 5.56 Å². The van der Waals surface area contributed by atoms with Crippen molar-refractivity contribution in [1.29, 1.82) is 0 Å². The molecule has 2 aromatic rings. The number of halogens is 1. The minimum absolute atomic E-state index is 0.0216. The van der Waals surface area contributed by atoms with Crippen LogP contribution in [0.4, 0.5) is 0 Å². The molecule has 2 rings (SSSR count). The molecule has 0 aliphatic carbocycles. The third-order valence-corrected chi connectivity index (χ3v) is 3.72. The SMILES string of the molecule is CCC(C)Oc1cc(=O)[nH]c(Sc2cccc(Cl)c2)n1. The summed E-state index contributed by atoms with van der Waals surface area (Å²) in [6.45, 7) is 3.95. The van der Waals surface area contributed by atoms with Gasteiger partial charge in [-0.25, -0.2) is 0 Å². The topological polar surface area (TPSA) is 55.0 Å². The molecule has 4 nitrogen and oxygen atoms in total. The summed E-state index contributed by atoms with van der Waals surface area (Å²) < 4.78 is 5.58. The molecule has 0 saturated heterocycles. The maximum absolute atomic E-state index is 11.6. The van der Waals surface area contributed by atoms with Crippen LogP contribution in [0.1, 0.15) is 20.3 Å². The average Bonchev–Trinajstić information content (AvgIpc) is 2.37. The lowest BCUT2D eigenvalue weighted by molar-refractivity contribution is 0.206. The zero-order valence-corrected chi connectivity index (χ0v) is 12.8. The van der Waals surface area contributed by atoms with Gasteiger partial charge < -0.3 is 9.72 Å². The molecule has 0 aliphatic rings. The fourth-order valence-corrected chi connectivity index (χ4v) is 2.55. The van der Waals surface area contributed by atoms with E-state index in [1.807, 2.05) is 32.0 Å². The smallest absolute Gasteiger partial charge is 0.255 e. The van der Waals surface area contributed by atoms with Crippen LogP contribution < -0.4 is 10.3 Å². The second-order valence-corrected chi connectivity index (χ2v) is 5.78. The van der Waals surface area contributed by atoms with Gasteiger partial charge >= 0.3 is 0 Å². The van der Waals surface area contributed by atoms with Gasteiger partial charge in [-0.05, 0) is 31.5 Å². The van der Waals surface area contributed by atoms with E-state index in [1.165, 1.54) is 17.8 Å². The Morgan fingerprint density at radius 2 is 2.25 bits per heavy atom. The highest BCUT2D eigenvalue weighted by molar-refractivity contribution is 7.99. The Bertz CT molecular complexity index is 645. The lowest BCUT2D eigenvalue weighted by Gasteiger charge is -2.11. The summed E-state index contributed by atoms with van der Waals surface area (Å²) in [7, 11) is 0. The Balaban J connectivity index is 2.21. The summed E-state index contributed by atoms with van der Waals surface area (Å²) >= 11 is 7.26. The lowest BCUT2D eigenvalue weighted by atomic mass is 10.3. The Morgan fingerprint density at radius 3 is 2.95 bits per heavy atom. The van der Waals surface area contributed by atoms with E-state index >= 15 is 0 Å². The van der Waals surface area contributed by atoms with Crippen molar-refractivity contribution in [3.05, 3.63) is 45.7 Å². The van der Waals surface area contributed by atoms with E-state index < -0.39 is 0 Å². The van der Waals surface area contributed by atoms with Gasteiger partial charge in [-0.2, -0.15) is 4.98 Å². The normalized spacial score (nSPS) is 12.2. The van der Waals surface area contributed by atoms with Gasteiger partial charge in [0.15, 0.2) is 5.16 Å². The number of ether oxygens (including phenoxy) is 1. The van der Waals surface area contributed by atoms with Crippen LogP contribution in [0, 0.1) is 0 Å². The quantitative estimate of drug-likeness (QED) is 0.855. The third-order valence-electron chi connectivity index (χ3n) is 2.60. The van der Waals surface area contributed by atoms with Crippen molar-refractivity contribution in [2.45, 2.75) is 36.4 Å². The molecule has 0 aliphatic heterocycles. The van der Waals surface area contributed by atoms with Gasteiger partial charge in [-0.3, -0.25) is 4.79 Å². The van der Waals surface area contributed by atoms with Crippen molar-refractivity contribution in [3.8, 4) is 5.88 Å². The highest BCUT2D eigenvalue weighted by Gasteiger charge is 2.07. The number of aromatic amines is 1. The number of rotatable bonds is 5. The van der Waals surface area contributed by atoms with Crippen LogP contribution in [-0.4, -0.2) is 16.1 Å². The standard InChI is InChI=1S/C14H15ClN2O2S/c1-3-9(2)19-13-8-12(18)16-14(17-13)20-11-6-4-5-10(15)7-11/h4-9H,3H2,1-2H3,(H,16,17,18). The molecule has 1 aromatic carbocycles. The van der Waals surface area contributed by atoms with Crippen LogP contribution in [0.25, 0.3) is 0 Å². The van der Waals surface area contributed by atoms with E-state index in [1.54, 1.807) is 6.07 Å². The second-order valence-electron chi connectivity index (χ2n) is 4.28. The molecule has 1 heterocycles. The molecule has 1 N–H and O–H groups in total. The Kier molecular flexibility index (Phi) is 5.09. The summed E-state index contributed by atoms with van der Waals surface area (Å²) in [6.07, 6.45) is 0.874. The molecule has 0 bridgehead atoms. The molecule has 0 spiro atoms. The highest BCUT2D eigenvalue weighted by Crippen LogP contribution is 2.27. The first kappa shape index (κ1) is 14.9. The molecule has 1 unspecified atom stereocenters. The number of H-pyrrole nitrogens is 1. The highest BCUT2D eigenvalue weighted by atomic mass is 35.5. The number of nitrogens with one attached hydrogen (secondary N) is 1. The second kappa shape index (κ2) is 6.81. The Labute approximate surface area is 126 Å². The Morgan fingerprint density at radius 1 is 1.45 bits per heavy atom. The molecule has 1 aromatic heterocycles. The van der Waals surface area contributed by atoms with E-state index in [9.17, 15) is 4.79 Å². The fourth-order valence-electron chi connectivity index (χ4n) is 1.45. The minimum Gasteiger partial charge on any atom is -0.474 e. The summed E-state index contributed by atoms with van der Waals surface area (Å²) in [5, 5.41) is 1.13.